The van der Waals surface area contributed by atoms with Gasteiger partial charge in [-0.1, -0.05) is 12.1 Å². The van der Waals surface area contributed by atoms with Gasteiger partial charge in [0.05, 0.1) is 19.3 Å². The summed E-state index contributed by atoms with van der Waals surface area (Å²) in [5.74, 6) is -3.42. The van der Waals surface area contributed by atoms with Crippen molar-refractivity contribution in [3.63, 3.8) is 0 Å². The molecule has 4 N–H and O–H groups in total. The van der Waals surface area contributed by atoms with Crippen LogP contribution in [0.1, 0.15) is 5.56 Å². The van der Waals surface area contributed by atoms with E-state index in [-0.39, 0.29) is 24.0 Å². The molecule has 1 fully saturated rings. The van der Waals surface area contributed by atoms with Crippen molar-refractivity contribution >= 4 is 29.2 Å². The van der Waals surface area contributed by atoms with E-state index in [1.54, 1.807) is 42.5 Å². The minimum atomic E-state index is -2.88. The van der Waals surface area contributed by atoms with Crippen molar-refractivity contribution in [2.24, 2.45) is 5.73 Å². The number of allylic oxidation sites excluding steroid dienone is 1. The normalized spacial score (nSPS) is 18.1. The quantitative estimate of drug-likeness (QED) is 0.433. The average Bonchev–Trinajstić information content (AvgIpc) is 2.89. The summed E-state index contributed by atoms with van der Waals surface area (Å²) in [4.78, 5) is 21.8. The Morgan fingerprint density at radius 1 is 1.19 bits per heavy atom. The van der Waals surface area contributed by atoms with Crippen molar-refractivity contribution in [3.8, 4) is 22.9 Å². The Kier molecular flexibility index (Phi) is 6.15. The van der Waals surface area contributed by atoms with E-state index < -0.39 is 36.8 Å². The molecule has 0 bridgehead atoms. The van der Waals surface area contributed by atoms with Crippen LogP contribution in [0, 0.1) is 11.2 Å². The van der Waals surface area contributed by atoms with Gasteiger partial charge in [0.15, 0.2) is 29.0 Å². The van der Waals surface area contributed by atoms with E-state index >= 15 is 0 Å². The molecule has 0 spiro atoms. The maximum absolute atomic E-state index is 14.5. The maximum atomic E-state index is 14.5. The highest BCUT2D eigenvalue weighted by Gasteiger charge is 2.48. The Morgan fingerprint density at radius 2 is 1.95 bits per heavy atom. The van der Waals surface area contributed by atoms with E-state index in [4.69, 9.17) is 20.6 Å². The van der Waals surface area contributed by atoms with Crippen LogP contribution in [-0.4, -0.2) is 58.7 Å². The van der Waals surface area contributed by atoms with Crippen LogP contribution in [0.25, 0.3) is 17.0 Å². The third-order valence-corrected chi connectivity index (χ3v) is 5.85. The molecule has 2 aromatic carbocycles. The highest BCUT2D eigenvalue weighted by Crippen LogP contribution is 2.37. The molecule has 1 atom stereocenters. The Hall–Kier alpha value is -4.61. The number of aromatic nitrogens is 2. The fraction of sp³-hybridized carbons (Fsp3) is 0.200. The lowest BCUT2D eigenvalue weighted by Gasteiger charge is -2.40. The number of nitrogens with one attached hydrogen (secondary N) is 2. The first kappa shape index (κ1) is 24.1. The first-order valence-electron chi connectivity index (χ1n) is 11.2. The van der Waals surface area contributed by atoms with Crippen LogP contribution in [0.2, 0.25) is 0 Å². The summed E-state index contributed by atoms with van der Waals surface area (Å²) in [7, 11) is 0. The lowest BCUT2D eigenvalue weighted by molar-refractivity contribution is -0.174. The van der Waals surface area contributed by atoms with Gasteiger partial charge in [-0.3, -0.25) is 4.79 Å². The Bertz CT molecular complexity index is 1390. The molecule has 0 saturated carbocycles. The number of nitrogens with zero attached hydrogens (tertiary/aromatic N) is 3. The lowest BCUT2D eigenvalue weighted by Crippen LogP contribution is -2.62. The molecule has 12 heteroatoms. The molecule has 190 valence electrons. The number of ether oxygens (including phenoxy) is 2. The van der Waals surface area contributed by atoms with Crippen LogP contribution in [0.15, 0.2) is 54.9 Å². The minimum Gasteiger partial charge on any atom is -0.485 e. The number of hydrogen-bond acceptors (Lipinski definition) is 8. The predicted molar refractivity (Wildman–Crippen MR) is 130 cm³/mol. The molecule has 1 amide bonds. The van der Waals surface area contributed by atoms with Gasteiger partial charge in [-0.25, -0.2) is 23.1 Å². The number of fused-ring (bicyclic) bond motifs is 1. The SMILES string of the molecule is N=C/C(=C\N)c1ccc(Nc2nc(-c3ccc4c(c3)OC(C(=O)N3CC(F)(F)C3)CO4)ncc2F)cc1. The largest absolute Gasteiger partial charge is 0.485 e. The summed E-state index contributed by atoms with van der Waals surface area (Å²) in [6.07, 6.45) is 2.42. The van der Waals surface area contributed by atoms with Crippen LogP contribution in [0.5, 0.6) is 11.5 Å². The van der Waals surface area contributed by atoms with E-state index in [2.05, 4.69) is 15.3 Å². The molecule has 2 aliphatic rings. The van der Waals surface area contributed by atoms with Crippen molar-refractivity contribution in [1.29, 1.82) is 5.41 Å². The van der Waals surface area contributed by atoms with Gasteiger partial charge in [-0.2, -0.15) is 0 Å². The van der Waals surface area contributed by atoms with Gasteiger partial charge >= 0.3 is 0 Å². The second-order valence-electron chi connectivity index (χ2n) is 8.49. The molecular formula is C25H21F3N6O3. The number of alkyl halides is 2. The van der Waals surface area contributed by atoms with E-state index in [0.717, 1.165) is 22.9 Å². The molecule has 2 aliphatic heterocycles. The number of anilines is 2. The molecule has 0 aliphatic carbocycles. The van der Waals surface area contributed by atoms with Gasteiger partial charge in [0.25, 0.3) is 11.8 Å². The number of carbonyl (C=O) groups is 1. The van der Waals surface area contributed by atoms with Gasteiger partial charge in [0, 0.05) is 29.2 Å². The molecule has 5 rings (SSSR count). The fourth-order valence-electron chi connectivity index (χ4n) is 3.91. The van der Waals surface area contributed by atoms with E-state index in [1.807, 2.05) is 0 Å². The second-order valence-corrected chi connectivity index (χ2v) is 8.49. The van der Waals surface area contributed by atoms with E-state index in [0.29, 0.717) is 22.6 Å². The maximum Gasteiger partial charge on any atom is 0.282 e. The van der Waals surface area contributed by atoms with Crippen LogP contribution >= 0.6 is 0 Å². The molecule has 1 aromatic heterocycles. The number of rotatable bonds is 6. The standard InChI is InChI=1S/C25H21F3N6O3/c26-18-10-31-22(33-23(18)32-17-4-1-14(2-5-17)16(8-29)9-30)15-3-6-19-20(7-15)37-21(11-36-19)24(35)34-12-25(27,28)13-34/h1-10,21,29H,11-13,30H2,(H,31,32,33)/b16-9+,29-8?. The van der Waals surface area contributed by atoms with Gasteiger partial charge in [-0.15, -0.1) is 0 Å². The number of halogens is 3. The van der Waals surface area contributed by atoms with Crippen LogP contribution in [0.4, 0.5) is 24.7 Å². The summed E-state index contributed by atoms with van der Waals surface area (Å²) in [5, 5.41) is 10.3. The molecular weight excluding hydrogens is 489 g/mol. The van der Waals surface area contributed by atoms with E-state index in [1.165, 1.54) is 6.20 Å². The lowest BCUT2D eigenvalue weighted by atomic mass is 10.1. The zero-order chi connectivity index (χ0) is 26.2. The highest BCUT2D eigenvalue weighted by atomic mass is 19.3. The predicted octanol–water partition coefficient (Wildman–Crippen LogP) is 3.59. The topological polar surface area (TPSA) is 126 Å². The second kappa shape index (κ2) is 9.45. The Morgan fingerprint density at radius 3 is 2.62 bits per heavy atom. The molecule has 0 radical (unpaired) electrons. The van der Waals surface area contributed by atoms with Crippen molar-refractivity contribution in [2.45, 2.75) is 12.0 Å². The first-order chi connectivity index (χ1) is 17.8. The van der Waals surface area contributed by atoms with Crippen LogP contribution < -0.4 is 20.5 Å². The smallest absolute Gasteiger partial charge is 0.282 e. The summed E-state index contributed by atoms with van der Waals surface area (Å²) in [6.45, 7) is -1.39. The highest BCUT2D eigenvalue weighted by molar-refractivity contribution is 6.08. The fourth-order valence-corrected chi connectivity index (χ4v) is 3.91. The number of carbonyl (C=O) groups excluding carboxylic acids is 1. The van der Waals surface area contributed by atoms with Gasteiger partial charge in [0.2, 0.25) is 6.10 Å². The van der Waals surface area contributed by atoms with Crippen LogP contribution in [-0.2, 0) is 4.79 Å². The third kappa shape index (κ3) is 4.90. The summed E-state index contributed by atoms with van der Waals surface area (Å²) < 4.78 is 52.1. The molecule has 3 heterocycles. The monoisotopic (exact) mass is 510 g/mol. The first-order valence-corrected chi connectivity index (χ1v) is 11.2. The molecule has 3 aromatic rings. The minimum absolute atomic E-state index is 0.0685. The van der Waals surface area contributed by atoms with Crippen molar-refractivity contribution < 1.29 is 27.4 Å². The number of likely N-dealkylation sites (tertiary alicyclic amines) is 1. The molecule has 1 saturated heterocycles. The Balaban J connectivity index is 1.34. The van der Waals surface area contributed by atoms with E-state index in [9.17, 15) is 18.0 Å². The number of nitrogens with two attached hydrogens (primary N) is 1. The number of amides is 1. The Labute approximate surface area is 209 Å². The average molecular weight is 510 g/mol. The summed E-state index contributed by atoms with van der Waals surface area (Å²) >= 11 is 0. The number of benzene rings is 2. The van der Waals surface area contributed by atoms with Crippen molar-refractivity contribution in [3.05, 3.63) is 66.2 Å². The molecule has 9 nitrogen and oxygen atoms in total. The van der Waals surface area contributed by atoms with Gasteiger partial charge in [0.1, 0.15) is 6.61 Å². The van der Waals surface area contributed by atoms with Crippen molar-refractivity contribution in [2.75, 3.05) is 25.0 Å². The third-order valence-electron chi connectivity index (χ3n) is 5.85. The zero-order valence-electron chi connectivity index (χ0n) is 19.2. The molecule has 1 unspecified atom stereocenters. The van der Waals surface area contributed by atoms with Gasteiger partial charge in [-0.05, 0) is 35.9 Å². The van der Waals surface area contributed by atoms with Crippen molar-refractivity contribution in [1.82, 2.24) is 14.9 Å². The number of hydrogen-bond donors (Lipinski definition) is 3. The zero-order valence-corrected chi connectivity index (χ0v) is 19.2. The summed E-state index contributed by atoms with van der Waals surface area (Å²) in [6, 6.07) is 11.6. The summed E-state index contributed by atoms with van der Waals surface area (Å²) in [5.41, 5.74) is 7.78. The van der Waals surface area contributed by atoms with Gasteiger partial charge < -0.3 is 30.8 Å². The van der Waals surface area contributed by atoms with Crippen LogP contribution in [0.3, 0.4) is 0 Å². The molecule has 37 heavy (non-hydrogen) atoms.